The molecule has 0 aliphatic rings. The average molecular weight is 215 g/mol. The van der Waals surface area contributed by atoms with Crippen molar-refractivity contribution >= 4 is 11.8 Å². The number of rotatable bonds is 9. The van der Waals surface area contributed by atoms with E-state index in [4.69, 9.17) is 0 Å². The number of thioether (sulfide) groups is 1. The van der Waals surface area contributed by atoms with Gasteiger partial charge in [-0.1, -0.05) is 45.8 Å². The van der Waals surface area contributed by atoms with Gasteiger partial charge in [0.2, 0.25) is 0 Å². The third-order valence-corrected chi connectivity index (χ3v) is 3.15. The minimum Gasteiger partial charge on any atom is -0.311 e. The molecule has 0 rings (SSSR count). The van der Waals surface area contributed by atoms with Crippen LogP contribution in [0.1, 0.15) is 40.0 Å². The Kier molecular flexibility index (Phi) is 9.63. The number of hydrogen-bond acceptors (Lipinski definition) is 2. The van der Waals surface area contributed by atoms with Crippen molar-refractivity contribution in [2.75, 3.05) is 18.1 Å². The second-order valence-electron chi connectivity index (χ2n) is 4.05. The second kappa shape index (κ2) is 9.60. The molecule has 14 heavy (non-hydrogen) atoms. The maximum atomic E-state index is 4.06. The van der Waals surface area contributed by atoms with E-state index in [1.54, 1.807) is 0 Å². The Balaban J connectivity index is 3.18. The molecular weight excluding hydrogens is 190 g/mol. The fraction of sp³-hybridized carbons (Fsp3) is 0.833. The highest BCUT2D eigenvalue weighted by atomic mass is 32.2. The van der Waals surface area contributed by atoms with Gasteiger partial charge in [0.15, 0.2) is 0 Å². The molecule has 0 radical (unpaired) electrons. The summed E-state index contributed by atoms with van der Waals surface area (Å²) in [6.07, 6.45) is 4.03. The molecule has 0 aliphatic carbocycles. The Morgan fingerprint density at radius 2 is 2.07 bits per heavy atom. The highest BCUT2D eigenvalue weighted by molar-refractivity contribution is 7.99. The molecule has 1 N–H and O–H groups in total. The Morgan fingerprint density at radius 3 is 2.64 bits per heavy atom. The normalized spacial score (nSPS) is 10.9. The van der Waals surface area contributed by atoms with Gasteiger partial charge in [0.05, 0.1) is 0 Å². The molecule has 0 spiro atoms. The third kappa shape index (κ3) is 10.1. The van der Waals surface area contributed by atoms with Crippen molar-refractivity contribution in [3.05, 3.63) is 12.2 Å². The van der Waals surface area contributed by atoms with E-state index in [0.29, 0.717) is 6.04 Å². The predicted octanol–water partition coefficient (Wildman–Crippen LogP) is 3.46. The molecule has 0 fully saturated rings. The van der Waals surface area contributed by atoms with E-state index >= 15 is 0 Å². The molecule has 0 aromatic heterocycles. The van der Waals surface area contributed by atoms with Gasteiger partial charge in [-0.2, -0.15) is 11.8 Å². The van der Waals surface area contributed by atoms with E-state index in [1.807, 2.05) is 11.8 Å². The van der Waals surface area contributed by atoms with Crippen LogP contribution in [0.4, 0.5) is 0 Å². The maximum absolute atomic E-state index is 4.06. The first-order valence-electron chi connectivity index (χ1n) is 5.64. The number of hydrogen-bond donors (Lipinski definition) is 1. The molecular formula is C12H25NS. The molecule has 0 unspecified atom stereocenters. The third-order valence-electron chi connectivity index (χ3n) is 1.96. The molecule has 0 aromatic carbocycles. The summed E-state index contributed by atoms with van der Waals surface area (Å²) in [5, 5.41) is 3.38. The van der Waals surface area contributed by atoms with Crippen LogP contribution in [0.25, 0.3) is 0 Å². The van der Waals surface area contributed by atoms with E-state index in [9.17, 15) is 0 Å². The van der Waals surface area contributed by atoms with Gasteiger partial charge in [-0.25, -0.2) is 0 Å². The minimum atomic E-state index is 0.567. The monoisotopic (exact) mass is 215 g/mol. The van der Waals surface area contributed by atoms with Crippen molar-refractivity contribution in [3.8, 4) is 0 Å². The number of nitrogens with one attached hydrogen (secondary N) is 1. The summed E-state index contributed by atoms with van der Waals surface area (Å²) >= 11 is 2.01. The van der Waals surface area contributed by atoms with Gasteiger partial charge < -0.3 is 5.32 Å². The largest absolute Gasteiger partial charge is 0.311 e. The van der Waals surface area contributed by atoms with Crippen molar-refractivity contribution in [2.24, 2.45) is 0 Å². The zero-order chi connectivity index (χ0) is 10.8. The lowest BCUT2D eigenvalue weighted by Gasteiger charge is -2.10. The first-order valence-corrected chi connectivity index (χ1v) is 6.80. The average Bonchev–Trinajstić information content (AvgIpc) is 2.14. The maximum Gasteiger partial charge on any atom is 0.0172 e. The highest BCUT2D eigenvalue weighted by Crippen LogP contribution is 2.09. The molecule has 84 valence electrons. The van der Waals surface area contributed by atoms with Crippen LogP contribution in [0.3, 0.4) is 0 Å². The summed E-state index contributed by atoms with van der Waals surface area (Å²) in [5.41, 5.74) is 1.32. The topological polar surface area (TPSA) is 12.0 Å². The van der Waals surface area contributed by atoms with E-state index in [-0.39, 0.29) is 0 Å². The Bertz CT molecular complexity index is 143. The lowest BCUT2D eigenvalue weighted by molar-refractivity contribution is 0.623. The molecule has 0 aliphatic heterocycles. The Hall–Kier alpha value is 0.0500. The van der Waals surface area contributed by atoms with Crippen LogP contribution in [0.5, 0.6) is 0 Å². The zero-order valence-electron chi connectivity index (χ0n) is 9.94. The molecule has 2 heteroatoms. The van der Waals surface area contributed by atoms with Crippen LogP contribution in [-0.4, -0.2) is 24.1 Å². The van der Waals surface area contributed by atoms with Gasteiger partial charge >= 0.3 is 0 Å². The van der Waals surface area contributed by atoms with Crippen molar-refractivity contribution in [1.29, 1.82) is 0 Å². The van der Waals surface area contributed by atoms with E-state index in [0.717, 1.165) is 12.3 Å². The molecule has 0 aromatic rings. The number of unbranched alkanes of at least 4 members (excludes halogenated alkanes) is 2. The Morgan fingerprint density at radius 1 is 1.36 bits per heavy atom. The molecule has 0 atom stereocenters. The van der Waals surface area contributed by atoms with Crippen molar-refractivity contribution < 1.29 is 0 Å². The summed E-state index contributed by atoms with van der Waals surface area (Å²) in [5.74, 6) is 2.40. The van der Waals surface area contributed by atoms with Crippen LogP contribution in [-0.2, 0) is 0 Å². The van der Waals surface area contributed by atoms with Gasteiger partial charge in [0.1, 0.15) is 0 Å². The van der Waals surface area contributed by atoms with Crippen LogP contribution in [0.2, 0.25) is 0 Å². The van der Waals surface area contributed by atoms with Crippen molar-refractivity contribution in [1.82, 2.24) is 5.32 Å². The predicted molar refractivity (Wildman–Crippen MR) is 69.1 cm³/mol. The first-order chi connectivity index (χ1) is 6.66. The summed E-state index contributed by atoms with van der Waals surface area (Å²) in [6.45, 7) is 11.6. The molecule has 0 heterocycles. The van der Waals surface area contributed by atoms with Crippen molar-refractivity contribution in [2.45, 2.75) is 46.1 Å². The Labute approximate surface area is 93.7 Å². The van der Waals surface area contributed by atoms with Crippen LogP contribution >= 0.6 is 11.8 Å². The fourth-order valence-corrected chi connectivity index (χ4v) is 2.01. The summed E-state index contributed by atoms with van der Waals surface area (Å²) < 4.78 is 0. The summed E-state index contributed by atoms with van der Waals surface area (Å²) in [7, 11) is 0. The van der Waals surface area contributed by atoms with Gasteiger partial charge in [-0.15, -0.1) is 0 Å². The molecule has 1 nitrogen and oxygen atoms in total. The standard InChI is InChI=1S/C12H25NS/c1-5-6-7-8-14-10-12(4)9-13-11(2)3/h11,13H,4-10H2,1-3H3. The lowest BCUT2D eigenvalue weighted by Crippen LogP contribution is -2.25. The van der Waals surface area contributed by atoms with Gasteiger partial charge in [0, 0.05) is 18.3 Å². The lowest BCUT2D eigenvalue weighted by atomic mass is 10.3. The SMILES string of the molecule is C=C(CNC(C)C)CSCCCCC. The summed E-state index contributed by atoms with van der Waals surface area (Å²) in [4.78, 5) is 0. The molecule has 0 bridgehead atoms. The highest BCUT2D eigenvalue weighted by Gasteiger charge is 1.96. The fourth-order valence-electron chi connectivity index (χ4n) is 1.07. The first kappa shape index (κ1) is 14.1. The quantitative estimate of drug-likeness (QED) is 0.467. The van der Waals surface area contributed by atoms with E-state index in [1.165, 1.54) is 30.6 Å². The molecule has 0 saturated heterocycles. The summed E-state index contributed by atoms with van der Waals surface area (Å²) in [6, 6.07) is 0.567. The second-order valence-corrected chi connectivity index (χ2v) is 5.15. The zero-order valence-corrected chi connectivity index (χ0v) is 10.8. The van der Waals surface area contributed by atoms with Gasteiger partial charge in [-0.3, -0.25) is 0 Å². The minimum absolute atomic E-state index is 0.567. The smallest absolute Gasteiger partial charge is 0.0172 e. The van der Waals surface area contributed by atoms with Crippen molar-refractivity contribution in [3.63, 3.8) is 0 Å². The van der Waals surface area contributed by atoms with Gasteiger partial charge in [0.25, 0.3) is 0 Å². The van der Waals surface area contributed by atoms with Gasteiger partial charge in [-0.05, 0) is 12.2 Å². The van der Waals surface area contributed by atoms with E-state index in [2.05, 4.69) is 32.7 Å². The molecule has 0 saturated carbocycles. The molecule has 0 amide bonds. The van der Waals surface area contributed by atoms with E-state index < -0.39 is 0 Å². The van der Waals surface area contributed by atoms with Crippen LogP contribution in [0, 0.1) is 0 Å². The van der Waals surface area contributed by atoms with Crippen LogP contribution < -0.4 is 5.32 Å². The van der Waals surface area contributed by atoms with Crippen LogP contribution in [0.15, 0.2) is 12.2 Å².